The number of esters is 1. The molecule has 1 rings (SSSR count). The fourth-order valence-electron chi connectivity index (χ4n) is 2.01. The summed E-state index contributed by atoms with van der Waals surface area (Å²) in [6.45, 7) is 6.33. The molecule has 26 heavy (non-hydrogen) atoms. The van der Waals surface area contributed by atoms with Gasteiger partial charge in [0.05, 0.1) is 24.3 Å². The van der Waals surface area contributed by atoms with Crippen molar-refractivity contribution in [1.29, 1.82) is 5.26 Å². The monoisotopic (exact) mass is 360 g/mol. The Morgan fingerprint density at radius 2 is 2.04 bits per heavy atom. The predicted molar refractivity (Wildman–Crippen MR) is 95.2 cm³/mol. The molecular formula is C19H24N2O5. The molecule has 0 bridgehead atoms. The Morgan fingerprint density at radius 1 is 1.31 bits per heavy atom. The second-order valence-electron chi connectivity index (χ2n) is 5.35. The first-order valence-electron chi connectivity index (χ1n) is 8.33. The first-order chi connectivity index (χ1) is 12.6. The fraction of sp³-hybridized carbons (Fsp3) is 0.421. The van der Waals surface area contributed by atoms with Crippen LogP contribution in [0.4, 0.5) is 0 Å². The second-order valence-corrected chi connectivity index (χ2v) is 5.35. The van der Waals surface area contributed by atoms with Gasteiger partial charge in [-0.25, -0.2) is 0 Å². The quantitative estimate of drug-likeness (QED) is 0.265. The molecule has 0 spiro atoms. The molecule has 1 unspecified atom stereocenters. The Hall–Kier alpha value is -2.69. The van der Waals surface area contributed by atoms with Crippen LogP contribution >= 0.6 is 0 Å². The zero-order valence-corrected chi connectivity index (χ0v) is 14.9. The Morgan fingerprint density at radius 3 is 2.65 bits per heavy atom. The summed E-state index contributed by atoms with van der Waals surface area (Å²) in [6, 6.07) is 7.91. The molecule has 1 amide bonds. The molecular weight excluding hydrogens is 336 g/mol. The summed E-state index contributed by atoms with van der Waals surface area (Å²) in [7, 11) is 0. The van der Waals surface area contributed by atoms with Crippen molar-refractivity contribution in [2.24, 2.45) is 0 Å². The fourth-order valence-corrected chi connectivity index (χ4v) is 2.01. The van der Waals surface area contributed by atoms with E-state index < -0.39 is 0 Å². The molecule has 1 aromatic rings. The van der Waals surface area contributed by atoms with E-state index in [0.717, 1.165) is 0 Å². The minimum Gasteiger partial charge on any atom is -0.461 e. The maximum Gasteiger partial charge on any atom is 0.306 e. The van der Waals surface area contributed by atoms with Gasteiger partial charge in [-0.3, -0.25) is 9.59 Å². The normalized spacial score (nSPS) is 11.2. The van der Waals surface area contributed by atoms with Crippen LogP contribution in [0.25, 0.3) is 0 Å². The van der Waals surface area contributed by atoms with Gasteiger partial charge in [-0.05, 0) is 37.6 Å². The van der Waals surface area contributed by atoms with E-state index in [9.17, 15) is 9.59 Å². The third kappa shape index (κ3) is 8.42. The number of amides is 1. The van der Waals surface area contributed by atoms with Gasteiger partial charge in [-0.15, -0.1) is 0 Å². The molecule has 1 N–H and O–H groups in total. The molecule has 0 heterocycles. The van der Waals surface area contributed by atoms with E-state index in [1.54, 1.807) is 24.3 Å². The van der Waals surface area contributed by atoms with Gasteiger partial charge in [0, 0.05) is 18.6 Å². The molecule has 7 nitrogen and oxygen atoms in total. The molecule has 0 aliphatic rings. The van der Waals surface area contributed by atoms with E-state index in [2.05, 4.69) is 11.9 Å². The lowest BCUT2D eigenvalue weighted by atomic mass is 10.1. The SMILES string of the molecule is C=CCOC(=O)CCC(COCOCC)NC(=O)c1ccc(C#N)cc1. The second kappa shape index (κ2) is 12.6. The summed E-state index contributed by atoms with van der Waals surface area (Å²) in [4.78, 5) is 24.0. The molecule has 0 aliphatic heterocycles. The highest BCUT2D eigenvalue weighted by molar-refractivity contribution is 5.94. The molecule has 0 saturated heterocycles. The number of benzene rings is 1. The molecule has 140 valence electrons. The number of carbonyl (C=O) groups is 2. The Bertz CT molecular complexity index is 622. The van der Waals surface area contributed by atoms with Crippen molar-refractivity contribution in [1.82, 2.24) is 5.32 Å². The third-order valence-corrected chi connectivity index (χ3v) is 3.36. The standard InChI is InChI=1S/C19H24N2O5/c1-3-11-26-18(22)10-9-17(13-25-14-24-4-2)21-19(23)16-7-5-15(12-20)6-8-16/h3,5-8,17H,1,4,9-11,13-14H2,2H3,(H,21,23). The van der Waals surface area contributed by atoms with E-state index in [4.69, 9.17) is 19.5 Å². The Labute approximate surface area is 153 Å². The number of ether oxygens (including phenoxy) is 3. The Kier molecular flexibility index (Phi) is 10.4. The van der Waals surface area contributed by atoms with Crippen molar-refractivity contribution in [2.75, 3.05) is 26.6 Å². The zero-order chi connectivity index (χ0) is 19.2. The average Bonchev–Trinajstić information content (AvgIpc) is 2.67. The van der Waals surface area contributed by atoms with Gasteiger partial charge in [-0.2, -0.15) is 5.26 Å². The molecule has 1 atom stereocenters. The van der Waals surface area contributed by atoms with E-state index in [-0.39, 0.29) is 44.3 Å². The van der Waals surface area contributed by atoms with Gasteiger partial charge in [-0.1, -0.05) is 12.7 Å². The summed E-state index contributed by atoms with van der Waals surface area (Å²) in [5, 5.41) is 11.6. The van der Waals surface area contributed by atoms with Gasteiger partial charge in [0.2, 0.25) is 0 Å². The third-order valence-electron chi connectivity index (χ3n) is 3.36. The summed E-state index contributed by atoms with van der Waals surface area (Å²) in [5.74, 6) is -0.675. The number of hydrogen-bond donors (Lipinski definition) is 1. The van der Waals surface area contributed by atoms with Crippen LogP contribution in [0.5, 0.6) is 0 Å². The van der Waals surface area contributed by atoms with Crippen LogP contribution in [0.2, 0.25) is 0 Å². The number of nitrogens with zero attached hydrogens (tertiary/aromatic N) is 1. The number of nitriles is 1. The van der Waals surface area contributed by atoms with E-state index in [1.807, 2.05) is 13.0 Å². The van der Waals surface area contributed by atoms with Crippen molar-refractivity contribution in [3.63, 3.8) is 0 Å². The van der Waals surface area contributed by atoms with Gasteiger partial charge < -0.3 is 19.5 Å². The highest BCUT2D eigenvalue weighted by Crippen LogP contribution is 2.06. The molecule has 0 aromatic heterocycles. The molecule has 1 aromatic carbocycles. The molecule has 0 aliphatic carbocycles. The number of carbonyl (C=O) groups excluding carboxylic acids is 2. The minimum atomic E-state index is -0.380. The van der Waals surface area contributed by atoms with Crippen molar-refractivity contribution in [2.45, 2.75) is 25.8 Å². The summed E-state index contributed by atoms with van der Waals surface area (Å²) in [5.41, 5.74) is 0.899. The molecule has 0 radical (unpaired) electrons. The smallest absolute Gasteiger partial charge is 0.306 e. The Balaban J connectivity index is 2.60. The van der Waals surface area contributed by atoms with Crippen molar-refractivity contribution in [3.8, 4) is 6.07 Å². The van der Waals surface area contributed by atoms with E-state index in [1.165, 1.54) is 6.08 Å². The highest BCUT2D eigenvalue weighted by atomic mass is 16.7. The lowest BCUT2D eigenvalue weighted by Crippen LogP contribution is -2.39. The summed E-state index contributed by atoms with van der Waals surface area (Å²) in [6.07, 6.45) is 2.00. The lowest BCUT2D eigenvalue weighted by Gasteiger charge is -2.18. The topological polar surface area (TPSA) is 97.7 Å². The van der Waals surface area contributed by atoms with Crippen molar-refractivity contribution in [3.05, 3.63) is 48.0 Å². The van der Waals surface area contributed by atoms with Gasteiger partial charge in [0.25, 0.3) is 5.91 Å². The zero-order valence-electron chi connectivity index (χ0n) is 14.9. The van der Waals surface area contributed by atoms with E-state index in [0.29, 0.717) is 24.2 Å². The number of nitrogens with one attached hydrogen (secondary N) is 1. The highest BCUT2D eigenvalue weighted by Gasteiger charge is 2.16. The maximum atomic E-state index is 12.4. The van der Waals surface area contributed by atoms with Crippen LogP contribution < -0.4 is 5.32 Å². The van der Waals surface area contributed by atoms with Crippen LogP contribution in [0.3, 0.4) is 0 Å². The van der Waals surface area contributed by atoms with Crippen LogP contribution in [0.15, 0.2) is 36.9 Å². The average molecular weight is 360 g/mol. The largest absolute Gasteiger partial charge is 0.461 e. The lowest BCUT2D eigenvalue weighted by molar-refractivity contribution is -0.142. The van der Waals surface area contributed by atoms with Crippen molar-refractivity contribution < 1.29 is 23.8 Å². The van der Waals surface area contributed by atoms with Crippen LogP contribution in [-0.4, -0.2) is 44.5 Å². The molecule has 0 saturated carbocycles. The number of hydrogen-bond acceptors (Lipinski definition) is 6. The van der Waals surface area contributed by atoms with Crippen LogP contribution in [-0.2, 0) is 19.0 Å². The van der Waals surface area contributed by atoms with Gasteiger partial charge in [0.1, 0.15) is 13.4 Å². The van der Waals surface area contributed by atoms with Crippen LogP contribution in [0.1, 0.15) is 35.7 Å². The number of rotatable bonds is 12. The first kappa shape index (κ1) is 21.4. The van der Waals surface area contributed by atoms with Crippen molar-refractivity contribution >= 4 is 11.9 Å². The summed E-state index contributed by atoms with van der Waals surface area (Å²) >= 11 is 0. The first-order valence-corrected chi connectivity index (χ1v) is 8.33. The predicted octanol–water partition coefficient (Wildman–Crippen LogP) is 2.18. The van der Waals surface area contributed by atoms with E-state index >= 15 is 0 Å². The maximum absolute atomic E-state index is 12.4. The molecule has 0 fully saturated rings. The summed E-state index contributed by atoms with van der Waals surface area (Å²) < 4.78 is 15.4. The van der Waals surface area contributed by atoms with Gasteiger partial charge >= 0.3 is 5.97 Å². The van der Waals surface area contributed by atoms with Crippen LogP contribution in [0, 0.1) is 11.3 Å². The molecule has 7 heteroatoms. The van der Waals surface area contributed by atoms with Gasteiger partial charge in [0.15, 0.2) is 0 Å². The minimum absolute atomic E-state index is 0.112.